The fourth-order valence-electron chi connectivity index (χ4n) is 6.30. The number of piperazine rings is 1. The number of anilines is 3. The van der Waals surface area contributed by atoms with Crippen LogP contribution in [-0.2, 0) is 4.74 Å². The first-order valence-electron chi connectivity index (χ1n) is 15.5. The average molecular weight is 596 g/mol. The van der Waals surface area contributed by atoms with Crippen LogP contribution in [0.4, 0.5) is 22.2 Å². The highest BCUT2D eigenvalue weighted by Gasteiger charge is 2.27. The molecule has 0 unspecified atom stereocenters. The molecule has 1 aliphatic carbocycles. The topological polar surface area (TPSA) is 105 Å². The van der Waals surface area contributed by atoms with Crippen molar-refractivity contribution in [3.8, 4) is 11.1 Å². The molecule has 10 heteroatoms. The smallest absolute Gasteiger partial charge is 0.410 e. The van der Waals surface area contributed by atoms with Gasteiger partial charge in [0.25, 0.3) is 5.56 Å². The van der Waals surface area contributed by atoms with Crippen molar-refractivity contribution >= 4 is 34.6 Å². The number of nitrogens with one attached hydrogen (secondary N) is 1. The van der Waals surface area contributed by atoms with Crippen LogP contribution in [0.3, 0.4) is 0 Å². The third-order valence-electron chi connectivity index (χ3n) is 8.60. The van der Waals surface area contributed by atoms with Gasteiger partial charge in [0, 0.05) is 43.8 Å². The number of ether oxygens (including phenoxy) is 1. The van der Waals surface area contributed by atoms with E-state index < -0.39 is 5.60 Å². The third-order valence-corrected chi connectivity index (χ3v) is 8.60. The van der Waals surface area contributed by atoms with Gasteiger partial charge in [0.05, 0.1) is 17.4 Å². The first-order chi connectivity index (χ1) is 21.1. The van der Waals surface area contributed by atoms with Gasteiger partial charge in [0.2, 0.25) is 5.95 Å². The molecule has 4 heterocycles. The highest BCUT2D eigenvalue weighted by Crippen LogP contribution is 2.34. The van der Waals surface area contributed by atoms with Crippen molar-refractivity contribution in [1.29, 1.82) is 0 Å². The minimum atomic E-state index is -0.507. The molecule has 2 fully saturated rings. The van der Waals surface area contributed by atoms with Gasteiger partial charge in [-0.15, -0.1) is 0 Å². The Balaban J connectivity index is 1.24. The number of amides is 1. The molecular formula is C34H41N7O3. The van der Waals surface area contributed by atoms with E-state index in [9.17, 15) is 9.59 Å². The van der Waals surface area contributed by atoms with Crippen molar-refractivity contribution in [3.63, 3.8) is 0 Å². The molecular weight excluding hydrogens is 554 g/mol. The quantitative estimate of drug-likeness (QED) is 0.283. The zero-order chi connectivity index (χ0) is 31.0. The van der Waals surface area contributed by atoms with Gasteiger partial charge < -0.3 is 19.9 Å². The summed E-state index contributed by atoms with van der Waals surface area (Å²) in [6, 6.07) is 12.1. The Morgan fingerprint density at radius 3 is 2.34 bits per heavy atom. The third kappa shape index (κ3) is 5.98. The predicted octanol–water partition coefficient (Wildman–Crippen LogP) is 6.39. The van der Waals surface area contributed by atoms with Crippen molar-refractivity contribution in [2.24, 2.45) is 0 Å². The molecule has 1 saturated heterocycles. The predicted molar refractivity (Wildman–Crippen MR) is 174 cm³/mol. The summed E-state index contributed by atoms with van der Waals surface area (Å²) in [5.74, 6) is 1.02. The zero-order valence-corrected chi connectivity index (χ0v) is 26.3. The molecule has 1 aliphatic heterocycles. The summed E-state index contributed by atoms with van der Waals surface area (Å²) in [6.45, 7) is 12.3. The number of carbonyl (C=O) groups is 1. The molecule has 44 heavy (non-hydrogen) atoms. The Bertz CT molecular complexity index is 1730. The van der Waals surface area contributed by atoms with Crippen molar-refractivity contribution in [2.45, 2.75) is 71.9 Å². The molecule has 0 radical (unpaired) electrons. The molecule has 10 nitrogen and oxygen atoms in total. The van der Waals surface area contributed by atoms with Crippen molar-refractivity contribution < 1.29 is 9.53 Å². The fourth-order valence-corrected chi connectivity index (χ4v) is 6.30. The molecule has 4 aromatic rings. The Morgan fingerprint density at radius 1 is 0.955 bits per heavy atom. The molecule has 0 bridgehead atoms. The second-order valence-corrected chi connectivity index (χ2v) is 12.8. The minimum absolute atomic E-state index is 0.00935. The maximum absolute atomic E-state index is 14.2. The normalized spacial score (nSPS) is 16.0. The molecule has 1 amide bonds. The van der Waals surface area contributed by atoms with E-state index in [0.717, 1.165) is 59.0 Å². The van der Waals surface area contributed by atoms with Crippen LogP contribution in [0.15, 0.2) is 53.6 Å². The van der Waals surface area contributed by atoms with E-state index in [2.05, 4.69) is 20.2 Å². The maximum atomic E-state index is 14.2. The van der Waals surface area contributed by atoms with Crippen molar-refractivity contribution in [2.75, 3.05) is 36.4 Å². The Kier molecular flexibility index (Phi) is 8.00. The van der Waals surface area contributed by atoms with Crippen LogP contribution in [0.25, 0.3) is 22.2 Å². The number of fused-ring (bicyclic) bond motifs is 1. The molecule has 1 saturated carbocycles. The lowest BCUT2D eigenvalue weighted by atomic mass is 9.96. The summed E-state index contributed by atoms with van der Waals surface area (Å²) in [5, 5.41) is 4.13. The number of carbonyl (C=O) groups excluding carboxylic acids is 1. The van der Waals surface area contributed by atoms with Crippen LogP contribution >= 0.6 is 0 Å². The van der Waals surface area contributed by atoms with Crippen LogP contribution in [0.1, 0.15) is 63.6 Å². The number of hydrogen-bond donors (Lipinski definition) is 1. The molecule has 230 valence electrons. The van der Waals surface area contributed by atoms with E-state index in [4.69, 9.17) is 9.72 Å². The number of rotatable bonds is 5. The standard InChI is InChI=1S/C34H41N7O3/c1-22-10-6-9-13-26(22)29-23(2)27-21-36-32(38-30(27)41(31(29)42)24-11-7-8-12-24)37-28-15-14-25(20-35-28)39-16-18-40(19-17-39)33(43)44-34(3,4)5/h6,9-10,13-15,20-21,24H,7-8,11-12,16-19H2,1-5H3,(H,35,36,37,38). The Hall–Kier alpha value is -4.47. The number of benzene rings is 1. The number of aryl methyl sites for hydroxylation is 2. The van der Waals surface area contributed by atoms with Gasteiger partial charge in [0.15, 0.2) is 0 Å². The van der Waals surface area contributed by atoms with Gasteiger partial charge >= 0.3 is 6.09 Å². The SMILES string of the molecule is Cc1ccccc1-c1c(C)c2cnc(Nc3ccc(N4CCN(C(=O)OC(C)(C)C)CC4)cn3)nc2n(C2CCCC2)c1=O. The largest absolute Gasteiger partial charge is 0.444 e. The molecule has 2 aliphatic rings. The lowest BCUT2D eigenvalue weighted by Crippen LogP contribution is -2.50. The van der Waals surface area contributed by atoms with E-state index in [0.29, 0.717) is 43.6 Å². The van der Waals surface area contributed by atoms with E-state index in [-0.39, 0.29) is 17.7 Å². The maximum Gasteiger partial charge on any atom is 0.410 e. The number of hydrogen-bond acceptors (Lipinski definition) is 8. The molecule has 0 atom stereocenters. The Labute approximate surface area is 258 Å². The molecule has 6 rings (SSSR count). The summed E-state index contributed by atoms with van der Waals surface area (Å²) in [4.78, 5) is 44.7. The van der Waals surface area contributed by atoms with Gasteiger partial charge in [-0.25, -0.2) is 14.8 Å². The summed E-state index contributed by atoms with van der Waals surface area (Å²) in [5.41, 5.74) is 4.81. The van der Waals surface area contributed by atoms with Crippen LogP contribution in [0.2, 0.25) is 0 Å². The first kappa shape index (κ1) is 29.6. The lowest BCUT2D eigenvalue weighted by Gasteiger charge is -2.36. The van der Waals surface area contributed by atoms with Crippen molar-refractivity contribution in [1.82, 2.24) is 24.4 Å². The van der Waals surface area contributed by atoms with E-state index in [1.54, 1.807) is 4.90 Å². The fraction of sp³-hybridized carbons (Fsp3) is 0.441. The highest BCUT2D eigenvalue weighted by atomic mass is 16.6. The minimum Gasteiger partial charge on any atom is -0.444 e. The van der Waals surface area contributed by atoms with Crippen LogP contribution in [0.5, 0.6) is 0 Å². The van der Waals surface area contributed by atoms with Gasteiger partial charge in [0.1, 0.15) is 17.1 Å². The molecule has 1 aromatic carbocycles. The molecule has 1 N–H and O–H groups in total. The monoisotopic (exact) mass is 595 g/mol. The van der Waals surface area contributed by atoms with Gasteiger partial charge in [-0.1, -0.05) is 37.1 Å². The second kappa shape index (κ2) is 11.9. The van der Waals surface area contributed by atoms with Gasteiger partial charge in [-0.05, 0) is 76.3 Å². The first-order valence-corrected chi connectivity index (χ1v) is 15.5. The van der Waals surface area contributed by atoms with E-state index in [1.165, 1.54) is 0 Å². The highest BCUT2D eigenvalue weighted by molar-refractivity contribution is 5.87. The zero-order valence-electron chi connectivity index (χ0n) is 26.3. The molecule has 0 spiro atoms. The van der Waals surface area contributed by atoms with Gasteiger partial charge in [-0.3, -0.25) is 9.36 Å². The summed E-state index contributed by atoms with van der Waals surface area (Å²) in [6.07, 6.45) is 7.51. The van der Waals surface area contributed by atoms with Crippen molar-refractivity contribution in [3.05, 3.63) is 70.3 Å². The number of nitrogens with zero attached hydrogens (tertiary/aromatic N) is 6. The van der Waals surface area contributed by atoms with Crippen LogP contribution in [0, 0.1) is 13.8 Å². The summed E-state index contributed by atoms with van der Waals surface area (Å²) < 4.78 is 7.43. The summed E-state index contributed by atoms with van der Waals surface area (Å²) >= 11 is 0. The second-order valence-electron chi connectivity index (χ2n) is 12.8. The van der Waals surface area contributed by atoms with E-state index in [1.807, 2.05) is 88.0 Å². The molecule has 3 aromatic heterocycles. The average Bonchev–Trinajstić information content (AvgIpc) is 3.52. The summed E-state index contributed by atoms with van der Waals surface area (Å²) in [7, 11) is 0. The van der Waals surface area contributed by atoms with Crippen LogP contribution < -0.4 is 15.8 Å². The van der Waals surface area contributed by atoms with Gasteiger partial charge in [-0.2, -0.15) is 4.98 Å². The lowest BCUT2D eigenvalue weighted by molar-refractivity contribution is 0.0240. The van der Waals surface area contributed by atoms with E-state index >= 15 is 0 Å². The Morgan fingerprint density at radius 2 is 1.68 bits per heavy atom. The number of aromatic nitrogens is 4. The number of pyridine rings is 2. The van der Waals surface area contributed by atoms with Crippen LogP contribution in [-0.4, -0.2) is 62.3 Å².